The van der Waals surface area contributed by atoms with E-state index in [2.05, 4.69) is 10.4 Å². The van der Waals surface area contributed by atoms with Crippen LogP contribution in [-0.4, -0.2) is 76.2 Å². The third kappa shape index (κ3) is 5.62. The highest BCUT2D eigenvalue weighted by Gasteiger charge is 2.37. The number of hydrogen-bond donors (Lipinski definition) is 2. The fraction of sp³-hybridized carbons (Fsp3) is 0.346. The van der Waals surface area contributed by atoms with Crippen LogP contribution in [0.5, 0.6) is 0 Å². The van der Waals surface area contributed by atoms with Gasteiger partial charge in [0.2, 0.25) is 6.29 Å². The molecule has 1 radical (unpaired) electrons. The van der Waals surface area contributed by atoms with E-state index in [0.717, 1.165) is 21.2 Å². The van der Waals surface area contributed by atoms with E-state index in [-0.39, 0.29) is 44.2 Å². The molecule has 3 N–H and O–H groups in total. The number of thiazole rings is 1. The second-order valence-corrected chi connectivity index (χ2v) is 10.1. The predicted molar refractivity (Wildman–Crippen MR) is 141 cm³/mol. The second-order valence-electron chi connectivity index (χ2n) is 9.21. The van der Waals surface area contributed by atoms with Crippen molar-refractivity contribution in [1.82, 2.24) is 25.1 Å². The van der Waals surface area contributed by atoms with Gasteiger partial charge in [-0.25, -0.2) is 25.3 Å². The maximum atomic E-state index is 13.7. The van der Waals surface area contributed by atoms with Crippen LogP contribution in [0.1, 0.15) is 30.8 Å². The van der Waals surface area contributed by atoms with E-state index < -0.39 is 24.0 Å². The van der Waals surface area contributed by atoms with Gasteiger partial charge in [-0.3, -0.25) is 15.0 Å². The molecule has 1 aromatic heterocycles. The Morgan fingerprint density at radius 3 is 2.43 bits per heavy atom. The lowest BCUT2D eigenvalue weighted by Gasteiger charge is -2.37. The molecule has 0 unspecified atom stereocenters. The van der Waals surface area contributed by atoms with Crippen molar-refractivity contribution in [3.05, 3.63) is 53.5 Å². The van der Waals surface area contributed by atoms with E-state index in [0.29, 0.717) is 5.01 Å². The number of urea groups is 2. The molecule has 1 aliphatic rings. The summed E-state index contributed by atoms with van der Waals surface area (Å²) in [6.07, 6.45) is 2.17. The Kier molecular flexibility index (Phi) is 8.14. The number of nitrogens with one attached hydrogen (secondary N) is 1. The zero-order valence-corrected chi connectivity index (χ0v) is 21.5. The van der Waals surface area contributed by atoms with Crippen LogP contribution < -0.4 is 11.3 Å². The van der Waals surface area contributed by atoms with Crippen LogP contribution in [0.2, 0.25) is 0 Å². The molecule has 2 aromatic carbocycles. The van der Waals surface area contributed by atoms with Crippen LogP contribution in [-0.2, 0) is 4.79 Å². The Labute approximate surface area is 219 Å². The number of hydrazine groups is 1. The van der Waals surface area contributed by atoms with Crippen molar-refractivity contribution < 1.29 is 19.2 Å². The Balaban J connectivity index is 1.62. The zero-order chi connectivity index (χ0) is 26.5. The molecule has 1 aliphatic heterocycles. The molecular formula is C26H29N6O4S. The van der Waals surface area contributed by atoms with Crippen molar-refractivity contribution in [2.24, 2.45) is 11.8 Å². The first kappa shape index (κ1) is 26.2. The highest BCUT2D eigenvalue weighted by molar-refractivity contribution is 7.13. The van der Waals surface area contributed by atoms with Crippen LogP contribution >= 0.6 is 11.3 Å². The first-order valence-electron chi connectivity index (χ1n) is 12.0. The van der Waals surface area contributed by atoms with Gasteiger partial charge in [0.1, 0.15) is 16.7 Å². The molecule has 0 aliphatic carbocycles. The van der Waals surface area contributed by atoms with E-state index in [1.807, 2.05) is 62.6 Å². The van der Waals surface area contributed by atoms with Crippen molar-refractivity contribution >= 4 is 46.4 Å². The van der Waals surface area contributed by atoms with Gasteiger partial charge in [-0.05, 0) is 23.1 Å². The molecule has 37 heavy (non-hydrogen) atoms. The number of carbonyl (C=O) groups is 3. The largest absolute Gasteiger partial charge is 0.331 e. The molecule has 3 aromatic rings. The van der Waals surface area contributed by atoms with Crippen molar-refractivity contribution in [1.29, 1.82) is 0 Å². The lowest BCUT2D eigenvalue weighted by Crippen LogP contribution is -2.59. The predicted octanol–water partition coefficient (Wildman–Crippen LogP) is 3.25. The molecule has 0 saturated carbocycles. The summed E-state index contributed by atoms with van der Waals surface area (Å²) in [5.41, 5.74) is 3.05. The highest BCUT2D eigenvalue weighted by Crippen LogP contribution is 2.31. The van der Waals surface area contributed by atoms with Crippen LogP contribution in [0, 0.1) is 5.92 Å². The van der Waals surface area contributed by atoms with E-state index in [1.54, 1.807) is 5.38 Å². The molecule has 11 heteroatoms. The summed E-state index contributed by atoms with van der Waals surface area (Å²) >= 11 is 1.30. The third-order valence-electron chi connectivity index (χ3n) is 6.27. The first-order chi connectivity index (χ1) is 17.8. The van der Waals surface area contributed by atoms with Crippen LogP contribution in [0.25, 0.3) is 21.3 Å². The van der Waals surface area contributed by atoms with Gasteiger partial charge < -0.3 is 9.80 Å². The average molecular weight is 522 g/mol. The third-order valence-corrected chi connectivity index (χ3v) is 7.15. The summed E-state index contributed by atoms with van der Waals surface area (Å²) in [4.78, 5) is 59.5. The number of nitrogens with zero attached hydrogens (tertiary/aromatic N) is 4. The van der Waals surface area contributed by atoms with Gasteiger partial charge >= 0.3 is 12.1 Å². The van der Waals surface area contributed by atoms with Gasteiger partial charge in [-0.1, -0.05) is 56.3 Å². The maximum Gasteiger partial charge on any atom is 0.331 e. The SMILES string of the molecule is CC(C)C[C@@H]([C]=O)N(C(=O)c1csc(-c2cccc3ccccc23)n1)C(=O)N1CCN(C(=O)NN)CC1. The minimum absolute atomic E-state index is 0.0429. The molecule has 4 rings (SSSR count). The number of rotatable bonds is 6. The lowest BCUT2D eigenvalue weighted by atomic mass is 10.0. The van der Waals surface area contributed by atoms with Gasteiger partial charge in [0, 0.05) is 37.1 Å². The van der Waals surface area contributed by atoms with Gasteiger partial charge in [-0.2, -0.15) is 0 Å². The molecule has 1 saturated heterocycles. The number of hydrogen-bond acceptors (Lipinski definition) is 7. The summed E-state index contributed by atoms with van der Waals surface area (Å²) in [6.45, 7) is 4.70. The van der Waals surface area contributed by atoms with Crippen molar-refractivity contribution in [2.75, 3.05) is 26.2 Å². The molecular weight excluding hydrogens is 492 g/mol. The summed E-state index contributed by atoms with van der Waals surface area (Å²) in [6, 6.07) is 11.7. The minimum atomic E-state index is -1.06. The van der Waals surface area contributed by atoms with Gasteiger partial charge in [-0.15, -0.1) is 11.3 Å². The van der Waals surface area contributed by atoms with E-state index in [9.17, 15) is 19.2 Å². The van der Waals surface area contributed by atoms with Crippen molar-refractivity contribution in [3.8, 4) is 10.6 Å². The van der Waals surface area contributed by atoms with Crippen LogP contribution in [0.4, 0.5) is 9.59 Å². The molecule has 1 fully saturated rings. The summed E-state index contributed by atoms with van der Waals surface area (Å²) in [5.74, 6) is 4.60. The average Bonchev–Trinajstić information content (AvgIpc) is 3.41. The number of amides is 5. The summed E-state index contributed by atoms with van der Waals surface area (Å²) < 4.78 is 0. The van der Waals surface area contributed by atoms with Crippen molar-refractivity contribution in [2.45, 2.75) is 26.3 Å². The van der Waals surface area contributed by atoms with E-state index in [4.69, 9.17) is 5.84 Å². The molecule has 2 heterocycles. The molecule has 5 amide bonds. The number of nitrogens with two attached hydrogens (primary N) is 1. The maximum absolute atomic E-state index is 13.7. The number of aromatic nitrogens is 1. The Hall–Kier alpha value is -3.83. The minimum Gasteiger partial charge on any atom is -0.321 e. The quantitative estimate of drug-likeness (QED) is 0.291. The Bertz CT molecular complexity index is 1300. The van der Waals surface area contributed by atoms with Gasteiger partial charge in [0.25, 0.3) is 5.91 Å². The number of benzene rings is 2. The number of fused-ring (bicyclic) bond motifs is 1. The summed E-state index contributed by atoms with van der Waals surface area (Å²) in [5, 5.41) is 4.31. The standard InChI is InChI=1S/C26H29N6O4S/c1-17(2)14-19(15-33)32(26(36)31-12-10-30(11-13-31)25(35)29-27)24(34)22-16-37-23(28-22)21-9-5-7-18-6-3-4-8-20(18)21/h3-9,16-17,19H,10-14,27H2,1-2H3,(H,29,35)/t19-/m0/s1. The number of imide groups is 1. The molecule has 1 atom stereocenters. The monoisotopic (exact) mass is 521 g/mol. The van der Waals surface area contributed by atoms with E-state index >= 15 is 0 Å². The van der Waals surface area contributed by atoms with Crippen molar-refractivity contribution in [3.63, 3.8) is 0 Å². The number of carbonyl (C=O) groups excluding carboxylic acids is 4. The zero-order valence-electron chi connectivity index (χ0n) is 20.7. The van der Waals surface area contributed by atoms with Crippen LogP contribution in [0.15, 0.2) is 47.8 Å². The molecule has 193 valence electrons. The Morgan fingerprint density at radius 1 is 1.08 bits per heavy atom. The number of piperazine rings is 1. The second kappa shape index (κ2) is 11.5. The van der Waals surface area contributed by atoms with Gasteiger partial charge in [0.05, 0.1) is 0 Å². The Morgan fingerprint density at radius 2 is 1.76 bits per heavy atom. The van der Waals surface area contributed by atoms with Crippen LogP contribution in [0.3, 0.4) is 0 Å². The smallest absolute Gasteiger partial charge is 0.321 e. The molecule has 0 spiro atoms. The summed E-state index contributed by atoms with van der Waals surface area (Å²) in [7, 11) is 0. The topological polar surface area (TPSA) is 129 Å². The highest BCUT2D eigenvalue weighted by atomic mass is 32.1. The fourth-order valence-electron chi connectivity index (χ4n) is 4.39. The first-order valence-corrected chi connectivity index (χ1v) is 12.9. The molecule has 0 bridgehead atoms. The van der Waals surface area contributed by atoms with E-state index in [1.165, 1.54) is 21.1 Å². The molecule has 10 nitrogen and oxygen atoms in total. The van der Waals surface area contributed by atoms with Gasteiger partial charge in [0.15, 0.2) is 0 Å². The lowest BCUT2D eigenvalue weighted by molar-refractivity contribution is 0.0677. The normalized spacial score (nSPS) is 14.5. The fourth-order valence-corrected chi connectivity index (χ4v) is 5.22.